The van der Waals surface area contributed by atoms with Crippen LogP contribution in [-0.4, -0.2) is 34.8 Å². The molecule has 9 heavy (non-hydrogen) atoms. The molecule has 4 heteroatoms. The molecular weight excluding hydrogens is 136 g/mol. The molecule has 0 bridgehead atoms. The molecule has 0 saturated heterocycles. The molecule has 0 aromatic carbocycles. The molecular formula is C5H14O3Si. The highest BCUT2D eigenvalue weighted by Gasteiger charge is 2.07. The molecule has 1 unspecified atom stereocenters. The SMILES string of the molecule is CCOC(=O)C(C)O.[SiH4]. The van der Waals surface area contributed by atoms with Gasteiger partial charge < -0.3 is 9.84 Å². The van der Waals surface area contributed by atoms with Crippen molar-refractivity contribution in [1.29, 1.82) is 0 Å². The predicted molar refractivity (Wildman–Crippen MR) is 39.6 cm³/mol. The van der Waals surface area contributed by atoms with E-state index in [9.17, 15) is 4.79 Å². The van der Waals surface area contributed by atoms with Crippen molar-refractivity contribution in [3.63, 3.8) is 0 Å². The van der Waals surface area contributed by atoms with Crippen molar-refractivity contribution in [3.05, 3.63) is 0 Å². The highest BCUT2D eigenvalue weighted by molar-refractivity contribution is 5.75. The van der Waals surface area contributed by atoms with Crippen LogP contribution >= 0.6 is 0 Å². The fourth-order valence-electron chi connectivity index (χ4n) is 0.263. The van der Waals surface area contributed by atoms with Gasteiger partial charge in [-0.15, -0.1) is 0 Å². The molecule has 1 N–H and O–H groups in total. The highest BCUT2D eigenvalue weighted by Crippen LogP contribution is 1.84. The summed E-state index contributed by atoms with van der Waals surface area (Å²) in [6.07, 6.45) is -0.991. The van der Waals surface area contributed by atoms with Gasteiger partial charge in [-0.25, -0.2) is 4.79 Å². The van der Waals surface area contributed by atoms with Crippen molar-refractivity contribution in [2.24, 2.45) is 0 Å². The van der Waals surface area contributed by atoms with E-state index in [0.717, 1.165) is 0 Å². The van der Waals surface area contributed by atoms with Crippen LogP contribution in [0.2, 0.25) is 0 Å². The molecule has 56 valence electrons. The number of esters is 1. The molecule has 0 aliphatic heterocycles. The average Bonchev–Trinajstić information content (AvgIpc) is 1.67. The highest BCUT2D eigenvalue weighted by atomic mass is 28.1. The van der Waals surface area contributed by atoms with E-state index in [-0.39, 0.29) is 11.0 Å². The second-order valence-electron chi connectivity index (χ2n) is 1.43. The number of hydrogen-bond acceptors (Lipinski definition) is 3. The molecule has 1 atom stereocenters. The lowest BCUT2D eigenvalue weighted by Gasteiger charge is -2.01. The van der Waals surface area contributed by atoms with Gasteiger partial charge in [-0.2, -0.15) is 0 Å². The summed E-state index contributed by atoms with van der Waals surface area (Å²) in [6, 6.07) is 0. The van der Waals surface area contributed by atoms with Crippen molar-refractivity contribution < 1.29 is 14.6 Å². The van der Waals surface area contributed by atoms with Crippen LogP contribution in [-0.2, 0) is 9.53 Å². The monoisotopic (exact) mass is 150 g/mol. The zero-order valence-corrected chi connectivity index (χ0v) is 5.05. The van der Waals surface area contributed by atoms with E-state index in [0.29, 0.717) is 6.61 Å². The van der Waals surface area contributed by atoms with Gasteiger partial charge in [0.15, 0.2) is 0 Å². The largest absolute Gasteiger partial charge is 0.464 e. The minimum Gasteiger partial charge on any atom is -0.464 e. The first-order valence-corrected chi connectivity index (χ1v) is 2.53. The molecule has 0 amide bonds. The minimum atomic E-state index is -0.991. The lowest BCUT2D eigenvalue weighted by atomic mass is 10.4. The fourth-order valence-corrected chi connectivity index (χ4v) is 0.263. The fraction of sp³-hybridized carbons (Fsp3) is 0.800. The van der Waals surface area contributed by atoms with E-state index in [1.54, 1.807) is 6.92 Å². The van der Waals surface area contributed by atoms with Crippen LogP contribution in [0, 0.1) is 0 Å². The standard InChI is InChI=1S/C5H10O3.H4Si/c1-3-8-5(7)4(2)6;/h4,6H,3H2,1-2H3;1H4. The van der Waals surface area contributed by atoms with E-state index in [1.165, 1.54) is 6.92 Å². The van der Waals surface area contributed by atoms with Crippen LogP contribution in [0.1, 0.15) is 13.8 Å². The quantitative estimate of drug-likeness (QED) is 0.384. The zero-order chi connectivity index (χ0) is 6.57. The Morgan fingerprint density at radius 1 is 1.78 bits per heavy atom. The minimum absolute atomic E-state index is 0. The maximum absolute atomic E-state index is 10.3. The molecule has 0 aliphatic carbocycles. The third-order valence-electron chi connectivity index (χ3n) is 0.628. The maximum Gasteiger partial charge on any atom is 0.334 e. The molecule has 0 saturated carbocycles. The van der Waals surface area contributed by atoms with Crippen LogP contribution < -0.4 is 0 Å². The maximum atomic E-state index is 10.3. The van der Waals surface area contributed by atoms with Gasteiger partial charge >= 0.3 is 5.97 Å². The van der Waals surface area contributed by atoms with Gasteiger partial charge in [-0.05, 0) is 24.8 Å². The molecule has 0 radical (unpaired) electrons. The number of carbonyl (C=O) groups excluding carboxylic acids is 1. The van der Waals surface area contributed by atoms with Gasteiger partial charge in [0.25, 0.3) is 0 Å². The van der Waals surface area contributed by atoms with Crippen molar-refractivity contribution in [2.75, 3.05) is 6.61 Å². The number of aliphatic hydroxyl groups excluding tert-OH is 1. The first-order chi connectivity index (χ1) is 3.68. The number of carbonyl (C=O) groups is 1. The van der Waals surface area contributed by atoms with Gasteiger partial charge in [-0.3, -0.25) is 0 Å². The second-order valence-corrected chi connectivity index (χ2v) is 1.43. The summed E-state index contributed by atoms with van der Waals surface area (Å²) in [5, 5.41) is 8.48. The van der Waals surface area contributed by atoms with Crippen LogP contribution in [0.15, 0.2) is 0 Å². The lowest BCUT2D eigenvalue weighted by molar-refractivity contribution is -0.151. The molecule has 3 nitrogen and oxygen atoms in total. The molecule has 0 aromatic rings. The Kier molecular flexibility index (Phi) is 7.35. The smallest absolute Gasteiger partial charge is 0.334 e. The van der Waals surface area contributed by atoms with Crippen LogP contribution in [0.4, 0.5) is 0 Å². The van der Waals surface area contributed by atoms with E-state index < -0.39 is 12.1 Å². The van der Waals surface area contributed by atoms with E-state index >= 15 is 0 Å². The van der Waals surface area contributed by atoms with Crippen molar-refractivity contribution in [2.45, 2.75) is 20.0 Å². The van der Waals surface area contributed by atoms with Crippen molar-refractivity contribution in [3.8, 4) is 0 Å². The third-order valence-corrected chi connectivity index (χ3v) is 0.628. The topological polar surface area (TPSA) is 46.5 Å². The second kappa shape index (κ2) is 5.78. The van der Waals surface area contributed by atoms with Crippen LogP contribution in [0.25, 0.3) is 0 Å². The summed E-state index contributed by atoms with van der Waals surface area (Å²) >= 11 is 0. The Morgan fingerprint density at radius 2 is 2.22 bits per heavy atom. The van der Waals surface area contributed by atoms with Gasteiger partial charge in [0, 0.05) is 0 Å². The first kappa shape index (κ1) is 11.4. The Balaban J connectivity index is 0. The molecule has 0 fully saturated rings. The van der Waals surface area contributed by atoms with Crippen molar-refractivity contribution in [1.82, 2.24) is 0 Å². The summed E-state index contributed by atoms with van der Waals surface area (Å²) in [4.78, 5) is 10.3. The Hall–Kier alpha value is -0.353. The number of aliphatic hydroxyl groups is 1. The van der Waals surface area contributed by atoms with Gasteiger partial charge in [-0.1, -0.05) is 0 Å². The van der Waals surface area contributed by atoms with E-state index in [2.05, 4.69) is 4.74 Å². The zero-order valence-electron chi connectivity index (χ0n) is 5.05. The molecule has 0 aromatic heterocycles. The number of ether oxygens (including phenoxy) is 1. The summed E-state index contributed by atoms with van der Waals surface area (Å²) in [5.74, 6) is -0.562. The first-order valence-electron chi connectivity index (χ1n) is 2.53. The summed E-state index contributed by atoms with van der Waals surface area (Å²) in [7, 11) is 0. The van der Waals surface area contributed by atoms with Gasteiger partial charge in [0.1, 0.15) is 6.10 Å². The number of hydrogen-bond donors (Lipinski definition) is 1. The Bertz CT molecular complexity index is 82.3. The Morgan fingerprint density at radius 3 is 2.33 bits per heavy atom. The molecule has 0 aliphatic rings. The van der Waals surface area contributed by atoms with E-state index in [4.69, 9.17) is 5.11 Å². The van der Waals surface area contributed by atoms with Crippen molar-refractivity contribution >= 4 is 16.9 Å². The van der Waals surface area contributed by atoms with E-state index in [1.807, 2.05) is 0 Å². The van der Waals surface area contributed by atoms with Crippen LogP contribution in [0.3, 0.4) is 0 Å². The molecule has 0 heterocycles. The Labute approximate surface area is 59.0 Å². The predicted octanol–water partition coefficient (Wildman–Crippen LogP) is -1.52. The summed E-state index contributed by atoms with van der Waals surface area (Å²) < 4.78 is 4.41. The summed E-state index contributed by atoms with van der Waals surface area (Å²) in [5.41, 5.74) is 0. The normalized spacial score (nSPS) is 11.4. The third kappa shape index (κ3) is 5.52. The van der Waals surface area contributed by atoms with Crippen LogP contribution in [0.5, 0.6) is 0 Å². The average molecular weight is 150 g/mol. The number of rotatable bonds is 2. The molecule has 0 rings (SSSR count). The molecule has 0 spiro atoms. The summed E-state index contributed by atoms with van der Waals surface area (Å²) in [6.45, 7) is 3.39. The van der Waals surface area contributed by atoms with Gasteiger partial charge in [0.05, 0.1) is 6.61 Å². The lowest BCUT2D eigenvalue weighted by Crippen LogP contribution is -2.18. The van der Waals surface area contributed by atoms with Gasteiger partial charge in [0.2, 0.25) is 0 Å².